The highest BCUT2D eigenvalue weighted by molar-refractivity contribution is 9.11. The van der Waals surface area contributed by atoms with Crippen LogP contribution in [0.4, 0.5) is 0 Å². The number of halogens is 1. The summed E-state index contributed by atoms with van der Waals surface area (Å²) in [6.07, 6.45) is 0. The third-order valence-electron chi connectivity index (χ3n) is 2.33. The van der Waals surface area contributed by atoms with Crippen LogP contribution in [-0.2, 0) is 0 Å². The van der Waals surface area contributed by atoms with E-state index >= 15 is 0 Å². The SMILES string of the molecule is CC(CO)C(C)NC(=O)c1csc(Br)c1. The Balaban J connectivity index is 2.56. The zero-order chi connectivity index (χ0) is 11.4. The summed E-state index contributed by atoms with van der Waals surface area (Å²) in [5.41, 5.74) is 0.656. The lowest BCUT2D eigenvalue weighted by molar-refractivity contribution is 0.0916. The maximum absolute atomic E-state index is 11.7. The molecular formula is C10H14BrNO2S. The fraction of sp³-hybridized carbons (Fsp3) is 0.500. The highest BCUT2D eigenvalue weighted by atomic mass is 79.9. The summed E-state index contributed by atoms with van der Waals surface area (Å²) in [6.45, 7) is 3.86. The van der Waals surface area contributed by atoms with Crippen LogP contribution in [0.1, 0.15) is 24.2 Å². The molecule has 0 aliphatic carbocycles. The molecule has 0 aliphatic heterocycles. The van der Waals surface area contributed by atoms with Crippen molar-refractivity contribution >= 4 is 33.2 Å². The molecule has 1 aromatic heterocycles. The van der Waals surface area contributed by atoms with Crippen LogP contribution < -0.4 is 5.32 Å². The van der Waals surface area contributed by atoms with Crippen molar-refractivity contribution in [3.05, 3.63) is 20.8 Å². The Bertz CT molecular complexity index is 340. The monoisotopic (exact) mass is 291 g/mol. The lowest BCUT2D eigenvalue weighted by atomic mass is 10.1. The quantitative estimate of drug-likeness (QED) is 0.894. The van der Waals surface area contributed by atoms with Gasteiger partial charge in [0.25, 0.3) is 5.91 Å². The van der Waals surface area contributed by atoms with Crippen LogP contribution in [0.15, 0.2) is 15.2 Å². The minimum absolute atomic E-state index is 0.0267. The molecule has 1 amide bonds. The van der Waals surface area contributed by atoms with Gasteiger partial charge in [-0.05, 0) is 34.8 Å². The topological polar surface area (TPSA) is 49.3 Å². The zero-order valence-corrected chi connectivity index (χ0v) is 11.1. The highest BCUT2D eigenvalue weighted by Gasteiger charge is 2.15. The summed E-state index contributed by atoms with van der Waals surface area (Å²) in [5, 5.41) is 13.6. The van der Waals surface area contributed by atoms with Gasteiger partial charge in [0.05, 0.1) is 9.35 Å². The lowest BCUT2D eigenvalue weighted by Gasteiger charge is -2.18. The van der Waals surface area contributed by atoms with E-state index in [0.717, 1.165) is 3.79 Å². The normalized spacial score (nSPS) is 14.7. The number of carbonyl (C=O) groups is 1. The Morgan fingerprint density at radius 1 is 1.67 bits per heavy atom. The average Bonchev–Trinajstić information content (AvgIpc) is 2.63. The molecule has 2 N–H and O–H groups in total. The Hall–Kier alpha value is -0.390. The summed E-state index contributed by atoms with van der Waals surface area (Å²) in [5.74, 6) is -0.0271. The van der Waals surface area contributed by atoms with Crippen LogP contribution in [0, 0.1) is 5.92 Å². The first-order valence-corrected chi connectivity index (χ1v) is 6.37. The van der Waals surface area contributed by atoms with Crippen LogP contribution >= 0.6 is 27.3 Å². The van der Waals surface area contributed by atoms with E-state index < -0.39 is 0 Å². The van der Waals surface area contributed by atoms with E-state index in [2.05, 4.69) is 21.2 Å². The van der Waals surface area contributed by atoms with Crippen molar-refractivity contribution < 1.29 is 9.90 Å². The van der Waals surface area contributed by atoms with Crippen molar-refractivity contribution in [2.24, 2.45) is 5.92 Å². The van der Waals surface area contributed by atoms with Gasteiger partial charge in [-0.25, -0.2) is 0 Å². The summed E-state index contributed by atoms with van der Waals surface area (Å²) >= 11 is 4.79. The molecule has 15 heavy (non-hydrogen) atoms. The van der Waals surface area contributed by atoms with Crippen molar-refractivity contribution in [3.63, 3.8) is 0 Å². The maximum atomic E-state index is 11.7. The van der Waals surface area contributed by atoms with E-state index in [0.29, 0.717) is 5.56 Å². The molecule has 84 valence electrons. The smallest absolute Gasteiger partial charge is 0.252 e. The molecule has 2 unspecified atom stereocenters. The van der Waals surface area contributed by atoms with Crippen molar-refractivity contribution in [2.45, 2.75) is 19.9 Å². The molecule has 0 radical (unpaired) electrons. The van der Waals surface area contributed by atoms with Crippen LogP contribution in [0.2, 0.25) is 0 Å². The van der Waals surface area contributed by atoms with Gasteiger partial charge < -0.3 is 10.4 Å². The van der Waals surface area contributed by atoms with Crippen LogP contribution in [-0.4, -0.2) is 23.7 Å². The molecule has 0 saturated carbocycles. The second-order valence-electron chi connectivity index (χ2n) is 3.56. The van der Waals surface area contributed by atoms with E-state index in [1.807, 2.05) is 13.8 Å². The van der Waals surface area contributed by atoms with E-state index in [1.165, 1.54) is 11.3 Å². The van der Waals surface area contributed by atoms with Gasteiger partial charge in [-0.1, -0.05) is 6.92 Å². The molecule has 0 aliphatic rings. The van der Waals surface area contributed by atoms with Crippen molar-refractivity contribution in [1.29, 1.82) is 0 Å². The molecule has 0 aromatic carbocycles. The Labute approximate surface area is 102 Å². The van der Waals surface area contributed by atoms with Gasteiger partial charge in [-0.2, -0.15) is 0 Å². The summed E-state index contributed by atoms with van der Waals surface area (Å²) in [7, 11) is 0. The molecule has 1 heterocycles. The largest absolute Gasteiger partial charge is 0.396 e. The zero-order valence-electron chi connectivity index (χ0n) is 8.66. The van der Waals surface area contributed by atoms with Gasteiger partial charge in [-0.15, -0.1) is 11.3 Å². The van der Waals surface area contributed by atoms with Gasteiger partial charge in [-0.3, -0.25) is 4.79 Å². The van der Waals surface area contributed by atoms with Gasteiger partial charge in [0.2, 0.25) is 0 Å². The number of aliphatic hydroxyl groups is 1. The molecule has 0 saturated heterocycles. The first kappa shape index (κ1) is 12.7. The average molecular weight is 292 g/mol. The molecule has 3 nitrogen and oxygen atoms in total. The fourth-order valence-corrected chi connectivity index (χ4v) is 2.16. The van der Waals surface area contributed by atoms with Crippen LogP contribution in [0.5, 0.6) is 0 Å². The van der Waals surface area contributed by atoms with Gasteiger partial charge >= 0.3 is 0 Å². The molecule has 1 aromatic rings. The number of amides is 1. The molecule has 0 spiro atoms. The number of thiophene rings is 1. The van der Waals surface area contributed by atoms with Crippen LogP contribution in [0.25, 0.3) is 0 Å². The Kier molecular flexibility index (Phi) is 4.76. The third-order valence-corrected chi connectivity index (χ3v) is 3.83. The fourth-order valence-electron chi connectivity index (χ4n) is 1.02. The standard InChI is InChI=1S/C10H14BrNO2S/c1-6(4-13)7(2)12-10(14)8-3-9(11)15-5-8/h3,5-7,13H,4H2,1-2H3,(H,12,14). The van der Waals surface area contributed by atoms with Crippen molar-refractivity contribution in [1.82, 2.24) is 5.32 Å². The molecule has 5 heteroatoms. The minimum Gasteiger partial charge on any atom is -0.396 e. The molecular weight excluding hydrogens is 278 g/mol. The summed E-state index contributed by atoms with van der Waals surface area (Å²) in [6, 6.07) is 1.76. The van der Waals surface area contributed by atoms with Gasteiger partial charge in [0, 0.05) is 18.0 Å². The van der Waals surface area contributed by atoms with Gasteiger partial charge in [0.1, 0.15) is 0 Å². The third kappa shape index (κ3) is 3.59. The number of carbonyl (C=O) groups excluding carboxylic acids is 1. The minimum atomic E-state index is -0.0928. The highest BCUT2D eigenvalue weighted by Crippen LogP contribution is 2.20. The maximum Gasteiger partial charge on any atom is 0.252 e. The van der Waals surface area contributed by atoms with E-state index in [-0.39, 0.29) is 24.5 Å². The summed E-state index contributed by atoms with van der Waals surface area (Å²) in [4.78, 5) is 11.7. The molecule has 0 fully saturated rings. The van der Waals surface area contributed by atoms with Crippen molar-refractivity contribution in [3.8, 4) is 0 Å². The number of rotatable bonds is 4. The lowest BCUT2D eigenvalue weighted by Crippen LogP contribution is -2.38. The number of nitrogens with one attached hydrogen (secondary N) is 1. The van der Waals surface area contributed by atoms with E-state index in [9.17, 15) is 4.79 Å². The molecule has 0 bridgehead atoms. The number of hydrogen-bond acceptors (Lipinski definition) is 3. The van der Waals surface area contributed by atoms with Crippen molar-refractivity contribution in [2.75, 3.05) is 6.61 Å². The van der Waals surface area contributed by atoms with Crippen LogP contribution in [0.3, 0.4) is 0 Å². The van der Waals surface area contributed by atoms with E-state index in [1.54, 1.807) is 11.4 Å². The molecule has 2 atom stereocenters. The molecule has 1 rings (SSSR count). The van der Waals surface area contributed by atoms with E-state index in [4.69, 9.17) is 5.11 Å². The Morgan fingerprint density at radius 2 is 2.33 bits per heavy atom. The first-order valence-electron chi connectivity index (χ1n) is 4.70. The summed E-state index contributed by atoms with van der Waals surface area (Å²) < 4.78 is 0.940. The predicted octanol–water partition coefficient (Wildman–Crippen LogP) is 2.26. The van der Waals surface area contributed by atoms with Gasteiger partial charge in [0.15, 0.2) is 0 Å². The second-order valence-corrected chi connectivity index (χ2v) is 5.85. The first-order chi connectivity index (χ1) is 7.04. The Morgan fingerprint density at radius 3 is 2.80 bits per heavy atom. The second kappa shape index (κ2) is 5.63. The predicted molar refractivity (Wildman–Crippen MR) is 65.2 cm³/mol. The number of hydrogen-bond donors (Lipinski definition) is 2. The number of aliphatic hydroxyl groups excluding tert-OH is 1.